The third kappa shape index (κ3) is 3.80. The van der Waals surface area contributed by atoms with Gasteiger partial charge in [0.15, 0.2) is 0 Å². The van der Waals surface area contributed by atoms with Gasteiger partial charge in [-0.05, 0) is 25.7 Å². The van der Waals surface area contributed by atoms with Crippen molar-refractivity contribution in [2.45, 2.75) is 50.7 Å². The maximum Gasteiger partial charge on any atom is 0.329 e. The lowest BCUT2D eigenvalue weighted by Gasteiger charge is -2.28. The van der Waals surface area contributed by atoms with Gasteiger partial charge in [-0.25, -0.2) is 9.52 Å². The highest BCUT2D eigenvalue weighted by atomic mass is 32.2. The Balaban J connectivity index is 1.86. The van der Waals surface area contributed by atoms with Crippen LogP contribution in [0.15, 0.2) is 0 Å². The van der Waals surface area contributed by atoms with Gasteiger partial charge < -0.3 is 10.4 Å². The largest absolute Gasteiger partial charge is 0.391 e. The first kappa shape index (κ1) is 14.5. The molecule has 0 bridgehead atoms. The van der Waals surface area contributed by atoms with Crippen molar-refractivity contribution in [1.29, 1.82) is 0 Å². The molecule has 0 aromatic carbocycles. The van der Waals surface area contributed by atoms with Crippen molar-refractivity contribution in [2.24, 2.45) is 0 Å². The summed E-state index contributed by atoms with van der Waals surface area (Å²) in [5, 5.41) is 12.3. The molecule has 1 saturated heterocycles. The van der Waals surface area contributed by atoms with E-state index in [9.17, 15) is 18.3 Å². The maximum absolute atomic E-state index is 11.9. The summed E-state index contributed by atoms with van der Waals surface area (Å²) in [6.45, 7) is 0.906. The number of hydrogen-bond donors (Lipinski definition) is 3. The average molecular weight is 291 g/mol. The van der Waals surface area contributed by atoms with Crippen LogP contribution in [0.25, 0.3) is 0 Å². The lowest BCUT2D eigenvalue weighted by atomic mass is 9.93. The molecule has 1 heterocycles. The van der Waals surface area contributed by atoms with Crippen LogP contribution in [0.2, 0.25) is 0 Å². The Hall–Kier alpha value is -0.860. The Morgan fingerprint density at radius 3 is 2.37 bits per heavy atom. The number of aliphatic hydroxyl groups is 1. The highest BCUT2D eigenvalue weighted by molar-refractivity contribution is 7.87. The first-order valence-electron chi connectivity index (χ1n) is 6.75. The lowest BCUT2D eigenvalue weighted by Crippen LogP contribution is -2.52. The van der Waals surface area contributed by atoms with Crippen LogP contribution < -0.4 is 10.0 Å². The Bertz CT molecular complexity index is 420. The number of nitrogens with zero attached hydrogens (tertiary/aromatic N) is 1. The molecule has 0 aromatic rings. The molecular weight excluding hydrogens is 270 g/mol. The van der Waals surface area contributed by atoms with E-state index >= 15 is 0 Å². The molecule has 0 unspecified atom stereocenters. The summed E-state index contributed by atoms with van der Waals surface area (Å²) in [6, 6.07) is -1.11. The van der Waals surface area contributed by atoms with E-state index in [0.717, 1.165) is 25.7 Å². The molecule has 1 aliphatic carbocycles. The molecule has 0 radical (unpaired) electrons. The molecule has 2 atom stereocenters. The monoisotopic (exact) mass is 291 g/mol. The fourth-order valence-electron chi connectivity index (χ4n) is 2.59. The SMILES string of the molecule is O=C(N[C@@H]1CCCC[C@@H]1O)NS(=O)(=O)N1CCCC1. The van der Waals surface area contributed by atoms with Crippen LogP contribution >= 0.6 is 0 Å². The van der Waals surface area contributed by atoms with Gasteiger partial charge in [-0.3, -0.25) is 0 Å². The third-order valence-corrected chi connectivity index (χ3v) is 5.16. The predicted octanol–water partition coefficient (Wildman–Crippen LogP) is -0.0703. The molecule has 110 valence electrons. The number of rotatable bonds is 3. The van der Waals surface area contributed by atoms with Crippen molar-refractivity contribution in [3.8, 4) is 0 Å². The van der Waals surface area contributed by atoms with Gasteiger partial charge in [0.25, 0.3) is 0 Å². The lowest BCUT2D eigenvalue weighted by molar-refractivity contribution is 0.0948. The van der Waals surface area contributed by atoms with Gasteiger partial charge in [-0.15, -0.1) is 0 Å². The Kier molecular flexibility index (Phi) is 4.64. The number of carbonyl (C=O) groups excluding carboxylic acids is 1. The average Bonchev–Trinajstić information content (AvgIpc) is 2.85. The predicted molar refractivity (Wildman–Crippen MR) is 69.7 cm³/mol. The van der Waals surface area contributed by atoms with Gasteiger partial charge in [-0.2, -0.15) is 12.7 Å². The Labute approximate surface area is 113 Å². The van der Waals surface area contributed by atoms with Crippen molar-refractivity contribution in [2.75, 3.05) is 13.1 Å². The first-order valence-corrected chi connectivity index (χ1v) is 8.19. The second-order valence-corrected chi connectivity index (χ2v) is 6.82. The normalized spacial score (nSPS) is 29.1. The van der Waals surface area contributed by atoms with Crippen LogP contribution in [0.3, 0.4) is 0 Å². The summed E-state index contributed by atoms with van der Waals surface area (Å²) in [4.78, 5) is 11.7. The highest BCUT2D eigenvalue weighted by Gasteiger charge is 2.29. The van der Waals surface area contributed by atoms with Gasteiger partial charge in [0.2, 0.25) is 0 Å². The fraction of sp³-hybridized carbons (Fsp3) is 0.909. The molecule has 2 aliphatic rings. The summed E-state index contributed by atoms with van der Waals surface area (Å²) in [5.41, 5.74) is 0. The van der Waals surface area contributed by atoms with Crippen molar-refractivity contribution < 1.29 is 18.3 Å². The van der Waals surface area contributed by atoms with Gasteiger partial charge in [0, 0.05) is 13.1 Å². The minimum absolute atomic E-state index is 0.359. The zero-order chi connectivity index (χ0) is 13.9. The summed E-state index contributed by atoms with van der Waals surface area (Å²) < 4.78 is 27.0. The molecular formula is C11H21N3O4S. The fourth-order valence-corrected chi connectivity index (χ4v) is 3.75. The van der Waals surface area contributed by atoms with E-state index in [2.05, 4.69) is 5.32 Å². The quantitative estimate of drug-likeness (QED) is 0.678. The summed E-state index contributed by atoms with van der Waals surface area (Å²) >= 11 is 0. The van der Waals surface area contributed by atoms with Crippen molar-refractivity contribution in [3.63, 3.8) is 0 Å². The number of urea groups is 1. The van der Waals surface area contributed by atoms with E-state index in [-0.39, 0.29) is 6.04 Å². The van der Waals surface area contributed by atoms with Crippen LogP contribution in [0.1, 0.15) is 38.5 Å². The number of aliphatic hydroxyl groups excluding tert-OH is 1. The number of nitrogens with one attached hydrogen (secondary N) is 2. The van der Waals surface area contributed by atoms with E-state index in [1.54, 1.807) is 0 Å². The van der Waals surface area contributed by atoms with Crippen LogP contribution in [-0.2, 0) is 10.2 Å². The van der Waals surface area contributed by atoms with Crippen LogP contribution in [0.4, 0.5) is 4.79 Å². The molecule has 8 heteroatoms. The van der Waals surface area contributed by atoms with E-state index in [4.69, 9.17) is 0 Å². The molecule has 0 aromatic heterocycles. The number of carbonyl (C=O) groups is 1. The highest BCUT2D eigenvalue weighted by Crippen LogP contribution is 2.18. The standard InChI is InChI=1S/C11H21N3O4S/c15-10-6-2-1-5-9(10)12-11(16)13-19(17,18)14-7-3-4-8-14/h9-10,15H,1-8H2,(H2,12,13,16)/t9-,10+/m1/s1. The van der Waals surface area contributed by atoms with Crippen LogP contribution in [0.5, 0.6) is 0 Å². The summed E-state index contributed by atoms with van der Waals surface area (Å²) in [6.07, 6.45) is 4.25. The molecule has 19 heavy (non-hydrogen) atoms. The third-order valence-electron chi connectivity index (χ3n) is 3.67. The van der Waals surface area contributed by atoms with Crippen molar-refractivity contribution in [1.82, 2.24) is 14.3 Å². The van der Waals surface area contributed by atoms with Gasteiger partial charge in [-0.1, -0.05) is 12.8 Å². The number of amides is 2. The maximum atomic E-state index is 11.9. The molecule has 7 nitrogen and oxygen atoms in total. The van der Waals surface area contributed by atoms with Crippen molar-refractivity contribution in [3.05, 3.63) is 0 Å². The van der Waals surface area contributed by atoms with E-state index < -0.39 is 22.3 Å². The molecule has 2 fully saturated rings. The van der Waals surface area contributed by atoms with Crippen molar-refractivity contribution >= 4 is 16.2 Å². The van der Waals surface area contributed by atoms with E-state index in [1.807, 2.05) is 4.72 Å². The van der Waals surface area contributed by atoms with Gasteiger partial charge in [0.1, 0.15) is 0 Å². The topological polar surface area (TPSA) is 98.7 Å². The van der Waals surface area contributed by atoms with E-state index in [1.165, 1.54) is 4.31 Å². The summed E-state index contributed by atoms with van der Waals surface area (Å²) in [5.74, 6) is 0. The zero-order valence-electron chi connectivity index (χ0n) is 10.8. The molecule has 3 N–H and O–H groups in total. The van der Waals surface area contributed by atoms with E-state index in [0.29, 0.717) is 25.9 Å². The second-order valence-electron chi connectivity index (χ2n) is 5.15. The molecule has 1 aliphatic heterocycles. The van der Waals surface area contributed by atoms with Crippen LogP contribution in [0, 0.1) is 0 Å². The minimum atomic E-state index is -3.74. The number of hydrogen-bond acceptors (Lipinski definition) is 4. The first-order chi connectivity index (χ1) is 8.99. The Morgan fingerprint density at radius 1 is 1.11 bits per heavy atom. The van der Waals surface area contributed by atoms with Gasteiger partial charge >= 0.3 is 16.2 Å². The molecule has 2 rings (SSSR count). The zero-order valence-corrected chi connectivity index (χ0v) is 11.7. The van der Waals surface area contributed by atoms with Gasteiger partial charge in [0.05, 0.1) is 12.1 Å². The van der Waals surface area contributed by atoms with Crippen LogP contribution in [-0.4, -0.2) is 49.1 Å². The molecule has 1 saturated carbocycles. The molecule has 2 amide bonds. The minimum Gasteiger partial charge on any atom is -0.391 e. The second kappa shape index (κ2) is 6.06. The smallest absolute Gasteiger partial charge is 0.329 e. The molecule has 0 spiro atoms. The Morgan fingerprint density at radius 2 is 1.74 bits per heavy atom. The summed E-state index contributed by atoms with van der Waals surface area (Å²) in [7, 11) is -3.74.